The molecule has 1 aromatic rings. The molecule has 0 saturated heterocycles. The molecular formula is C9H12N2O2. The Morgan fingerprint density at radius 2 is 2.23 bits per heavy atom. The van der Waals surface area contributed by atoms with Crippen LogP contribution in [0.25, 0.3) is 0 Å². The molecule has 1 N–H and O–H groups in total. The predicted molar refractivity (Wildman–Crippen MR) is 46.3 cm³/mol. The molecule has 1 amide bonds. The van der Waals surface area contributed by atoms with Crippen molar-refractivity contribution >= 4 is 5.91 Å². The van der Waals surface area contributed by atoms with Crippen molar-refractivity contribution in [2.45, 2.75) is 26.8 Å². The average Bonchev–Trinajstić information content (AvgIpc) is 2.55. The average molecular weight is 180 g/mol. The first kappa shape index (κ1) is 8.29. The second-order valence-electron chi connectivity index (χ2n) is 3.69. The standard InChI is InChI=1S/C9H12N2O2/c1-4(2)7-8-6(9(12)10-7)5(3)13-11-8/h4,7H,1-3H3,(H,10,12). The van der Waals surface area contributed by atoms with Crippen LogP contribution in [0.4, 0.5) is 0 Å². The summed E-state index contributed by atoms with van der Waals surface area (Å²) in [4.78, 5) is 11.5. The molecule has 0 saturated carbocycles. The van der Waals surface area contributed by atoms with Crippen LogP contribution in [0, 0.1) is 12.8 Å². The van der Waals surface area contributed by atoms with Crippen LogP contribution in [0.5, 0.6) is 0 Å². The molecule has 2 heterocycles. The summed E-state index contributed by atoms with van der Waals surface area (Å²) in [5, 5.41) is 6.77. The van der Waals surface area contributed by atoms with Crippen LogP contribution in [0.2, 0.25) is 0 Å². The van der Waals surface area contributed by atoms with E-state index in [9.17, 15) is 4.79 Å². The van der Waals surface area contributed by atoms with Gasteiger partial charge in [0.05, 0.1) is 6.04 Å². The van der Waals surface area contributed by atoms with Crippen LogP contribution in [0.15, 0.2) is 4.52 Å². The predicted octanol–water partition coefficient (Wildman–Crippen LogP) is 1.42. The highest BCUT2D eigenvalue weighted by atomic mass is 16.5. The number of nitrogens with one attached hydrogen (secondary N) is 1. The maximum absolute atomic E-state index is 11.5. The first-order chi connectivity index (χ1) is 6.11. The fourth-order valence-electron chi connectivity index (χ4n) is 1.64. The Labute approximate surface area is 76.3 Å². The molecule has 0 bridgehead atoms. The molecule has 0 aromatic carbocycles. The van der Waals surface area contributed by atoms with Gasteiger partial charge in [-0.15, -0.1) is 0 Å². The summed E-state index contributed by atoms with van der Waals surface area (Å²) in [5.74, 6) is 0.887. The molecule has 2 rings (SSSR count). The summed E-state index contributed by atoms with van der Waals surface area (Å²) in [6.07, 6.45) is 0. The van der Waals surface area contributed by atoms with E-state index in [2.05, 4.69) is 10.5 Å². The summed E-state index contributed by atoms with van der Waals surface area (Å²) in [5.41, 5.74) is 1.39. The van der Waals surface area contributed by atoms with E-state index in [0.717, 1.165) is 5.69 Å². The summed E-state index contributed by atoms with van der Waals surface area (Å²) in [6, 6.07) is 0.0138. The van der Waals surface area contributed by atoms with Gasteiger partial charge in [0.15, 0.2) is 0 Å². The maximum Gasteiger partial charge on any atom is 0.257 e. The van der Waals surface area contributed by atoms with E-state index in [1.54, 1.807) is 6.92 Å². The van der Waals surface area contributed by atoms with Crippen molar-refractivity contribution < 1.29 is 9.32 Å². The lowest BCUT2D eigenvalue weighted by atomic mass is 10.0. The molecule has 13 heavy (non-hydrogen) atoms. The number of hydrogen-bond donors (Lipinski definition) is 1. The minimum absolute atomic E-state index is 0.0138. The van der Waals surface area contributed by atoms with E-state index in [-0.39, 0.29) is 11.9 Å². The van der Waals surface area contributed by atoms with Gasteiger partial charge in [-0.2, -0.15) is 0 Å². The quantitative estimate of drug-likeness (QED) is 0.711. The molecule has 1 aromatic heterocycles. The van der Waals surface area contributed by atoms with Crippen LogP contribution in [0.1, 0.15) is 41.7 Å². The molecule has 0 aliphatic carbocycles. The van der Waals surface area contributed by atoms with Crippen LogP contribution in [-0.2, 0) is 0 Å². The molecule has 1 aliphatic heterocycles. The molecule has 1 aliphatic rings. The lowest BCUT2D eigenvalue weighted by Crippen LogP contribution is -2.23. The molecule has 0 fully saturated rings. The van der Waals surface area contributed by atoms with E-state index in [1.807, 2.05) is 13.8 Å². The summed E-state index contributed by atoms with van der Waals surface area (Å²) in [7, 11) is 0. The molecule has 0 radical (unpaired) electrons. The molecule has 0 spiro atoms. The van der Waals surface area contributed by atoms with Gasteiger partial charge < -0.3 is 9.84 Å². The number of aromatic nitrogens is 1. The second-order valence-corrected chi connectivity index (χ2v) is 3.69. The summed E-state index contributed by atoms with van der Waals surface area (Å²) in [6.45, 7) is 5.85. The maximum atomic E-state index is 11.5. The van der Waals surface area contributed by atoms with Gasteiger partial charge in [0.2, 0.25) is 0 Å². The van der Waals surface area contributed by atoms with Gasteiger partial charge in [-0.05, 0) is 12.8 Å². The van der Waals surface area contributed by atoms with Crippen molar-refractivity contribution in [1.29, 1.82) is 0 Å². The van der Waals surface area contributed by atoms with E-state index < -0.39 is 0 Å². The van der Waals surface area contributed by atoms with Crippen molar-refractivity contribution in [2.24, 2.45) is 5.92 Å². The zero-order chi connectivity index (χ0) is 9.59. The number of amides is 1. The topological polar surface area (TPSA) is 55.1 Å². The number of rotatable bonds is 1. The Morgan fingerprint density at radius 3 is 2.85 bits per heavy atom. The van der Waals surface area contributed by atoms with Crippen LogP contribution in [-0.4, -0.2) is 11.1 Å². The SMILES string of the molecule is Cc1onc2c1C(=O)NC2C(C)C. The molecule has 1 unspecified atom stereocenters. The molecule has 4 nitrogen and oxygen atoms in total. The lowest BCUT2D eigenvalue weighted by Gasteiger charge is -2.12. The molecule has 4 heteroatoms. The summed E-state index contributed by atoms with van der Waals surface area (Å²) < 4.78 is 4.98. The Hall–Kier alpha value is -1.32. The molecule has 70 valence electrons. The molecule has 1 atom stereocenters. The Kier molecular flexibility index (Phi) is 1.65. The Morgan fingerprint density at radius 1 is 1.54 bits per heavy atom. The van der Waals surface area contributed by atoms with Gasteiger partial charge in [-0.25, -0.2) is 0 Å². The highest BCUT2D eigenvalue weighted by molar-refractivity contribution is 5.99. The first-order valence-corrected chi connectivity index (χ1v) is 4.38. The number of hydrogen-bond acceptors (Lipinski definition) is 3. The van der Waals surface area contributed by atoms with E-state index >= 15 is 0 Å². The largest absolute Gasteiger partial charge is 0.360 e. The fourth-order valence-corrected chi connectivity index (χ4v) is 1.64. The zero-order valence-corrected chi connectivity index (χ0v) is 7.92. The normalized spacial score (nSPS) is 20.6. The van der Waals surface area contributed by atoms with Gasteiger partial charge in [-0.1, -0.05) is 19.0 Å². The number of carbonyl (C=O) groups excluding carboxylic acids is 1. The Bertz CT molecular complexity index is 354. The summed E-state index contributed by atoms with van der Waals surface area (Å²) >= 11 is 0. The number of fused-ring (bicyclic) bond motifs is 1. The van der Waals surface area contributed by atoms with Gasteiger partial charge in [0.1, 0.15) is 17.0 Å². The van der Waals surface area contributed by atoms with E-state index in [1.165, 1.54) is 0 Å². The van der Waals surface area contributed by atoms with Crippen molar-refractivity contribution in [3.63, 3.8) is 0 Å². The van der Waals surface area contributed by atoms with E-state index in [0.29, 0.717) is 17.2 Å². The monoisotopic (exact) mass is 180 g/mol. The van der Waals surface area contributed by atoms with Crippen molar-refractivity contribution in [3.05, 3.63) is 17.0 Å². The van der Waals surface area contributed by atoms with Crippen molar-refractivity contribution in [2.75, 3.05) is 0 Å². The van der Waals surface area contributed by atoms with Crippen LogP contribution < -0.4 is 5.32 Å². The third-order valence-corrected chi connectivity index (χ3v) is 2.36. The Balaban J connectivity index is 2.48. The van der Waals surface area contributed by atoms with Gasteiger partial charge in [0, 0.05) is 0 Å². The minimum Gasteiger partial charge on any atom is -0.360 e. The first-order valence-electron chi connectivity index (χ1n) is 4.38. The third-order valence-electron chi connectivity index (χ3n) is 2.36. The third kappa shape index (κ3) is 1.05. The van der Waals surface area contributed by atoms with Crippen molar-refractivity contribution in [3.8, 4) is 0 Å². The van der Waals surface area contributed by atoms with Gasteiger partial charge >= 0.3 is 0 Å². The zero-order valence-electron chi connectivity index (χ0n) is 7.92. The highest BCUT2D eigenvalue weighted by Crippen LogP contribution is 2.31. The number of carbonyl (C=O) groups is 1. The van der Waals surface area contributed by atoms with Gasteiger partial charge in [0.25, 0.3) is 5.91 Å². The minimum atomic E-state index is -0.0625. The number of aryl methyl sites for hydroxylation is 1. The van der Waals surface area contributed by atoms with Gasteiger partial charge in [-0.3, -0.25) is 4.79 Å². The fraction of sp³-hybridized carbons (Fsp3) is 0.556. The lowest BCUT2D eigenvalue weighted by molar-refractivity contribution is 0.0944. The van der Waals surface area contributed by atoms with E-state index in [4.69, 9.17) is 4.52 Å². The van der Waals surface area contributed by atoms with Crippen LogP contribution in [0.3, 0.4) is 0 Å². The highest BCUT2D eigenvalue weighted by Gasteiger charge is 2.36. The number of nitrogens with zero attached hydrogens (tertiary/aromatic N) is 1. The molecular weight excluding hydrogens is 168 g/mol. The van der Waals surface area contributed by atoms with Crippen LogP contribution >= 0.6 is 0 Å². The van der Waals surface area contributed by atoms with Crippen molar-refractivity contribution in [1.82, 2.24) is 10.5 Å². The second kappa shape index (κ2) is 2.58. The smallest absolute Gasteiger partial charge is 0.257 e.